The lowest BCUT2D eigenvalue weighted by molar-refractivity contribution is -0.340. The summed E-state index contributed by atoms with van der Waals surface area (Å²) in [6, 6.07) is 0. The van der Waals surface area contributed by atoms with Crippen LogP contribution in [-0.4, -0.2) is 89.3 Å². The molecule has 0 aromatic heterocycles. The van der Waals surface area contributed by atoms with E-state index in [9.17, 15) is 15.3 Å². The van der Waals surface area contributed by atoms with Gasteiger partial charge in [0, 0.05) is 25.0 Å². The van der Waals surface area contributed by atoms with Crippen LogP contribution in [-0.2, 0) is 18.9 Å². The lowest BCUT2D eigenvalue weighted by Gasteiger charge is -2.45. The minimum absolute atomic E-state index is 0.325. The number of aliphatic hydroxyl groups excluding tert-OH is 3. The molecule has 172 valence electrons. The Kier molecular flexibility index (Phi) is 7.74. The molecule has 0 radical (unpaired) electrons. The van der Waals surface area contributed by atoms with Crippen LogP contribution in [0.2, 0.25) is 0 Å². The van der Waals surface area contributed by atoms with E-state index in [1.54, 1.807) is 0 Å². The first kappa shape index (κ1) is 24.9. The van der Waals surface area contributed by atoms with Crippen LogP contribution in [0.5, 0.6) is 0 Å². The van der Waals surface area contributed by atoms with Crippen molar-refractivity contribution < 1.29 is 34.3 Å². The second-order valence-corrected chi connectivity index (χ2v) is 10.0. The third-order valence-electron chi connectivity index (χ3n) is 6.03. The predicted molar refractivity (Wildman–Crippen MR) is 107 cm³/mol. The summed E-state index contributed by atoms with van der Waals surface area (Å²) < 4.78 is 23.7. The molecule has 0 aromatic carbocycles. The summed E-state index contributed by atoms with van der Waals surface area (Å²) in [6.07, 6.45) is -7.07. The number of aliphatic hydroxyl groups is 3. The quantitative estimate of drug-likeness (QED) is 0.352. The molecule has 0 aromatic rings. The molecule has 2 rings (SSSR count). The minimum Gasteiger partial charge on any atom is -0.387 e. The van der Waals surface area contributed by atoms with Gasteiger partial charge in [0.1, 0.15) is 30.5 Å². The fraction of sp³-hybridized carbons (Fsp3) is 1.00. The van der Waals surface area contributed by atoms with E-state index < -0.39 is 59.7 Å². The monoisotopic (exact) mass is 420 g/mol. The maximum absolute atomic E-state index is 10.8. The van der Waals surface area contributed by atoms with Gasteiger partial charge in [0.05, 0.1) is 11.2 Å². The summed E-state index contributed by atoms with van der Waals surface area (Å²) in [5.74, 6) is 0. The standard InChI is InChI=1S/C20H40N2O7/c1-18(2,3)28-16-13(24)12(23)14(11(26-16)10-22-9-8-21)27-17-15(25)19(4,5)20(6,7)29-17/h11-17,22-25H,8-10,21H2,1-7H3. The van der Waals surface area contributed by atoms with Crippen LogP contribution in [0, 0.1) is 5.41 Å². The van der Waals surface area contributed by atoms with E-state index in [0.717, 1.165) is 0 Å². The van der Waals surface area contributed by atoms with Crippen molar-refractivity contribution in [2.75, 3.05) is 19.6 Å². The molecule has 0 spiro atoms. The van der Waals surface area contributed by atoms with Gasteiger partial charge in [0.15, 0.2) is 12.6 Å². The van der Waals surface area contributed by atoms with Crippen molar-refractivity contribution in [3.63, 3.8) is 0 Å². The summed E-state index contributed by atoms with van der Waals surface area (Å²) >= 11 is 0. The Balaban J connectivity index is 2.19. The zero-order valence-electron chi connectivity index (χ0n) is 18.7. The van der Waals surface area contributed by atoms with E-state index in [1.807, 2.05) is 48.5 Å². The van der Waals surface area contributed by atoms with Crippen molar-refractivity contribution in [1.82, 2.24) is 5.32 Å². The van der Waals surface area contributed by atoms with Crippen LogP contribution in [0.1, 0.15) is 48.5 Å². The van der Waals surface area contributed by atoms with Gasteiger partial charge in [-0.1, -0.05) is 13.8 Å². The minimum atomic E-state index is -1.32. The van der Waals surface area contributed by atoms with Crippen molar-refractivity contribution >= 4 is 0 Å². The Morgan fingerprint density at radius 2 is 1.66 bits per heavy atom. The lowest BCUT2D eigenvalue weighted by atomic mass is 9.75. The molecule has 2 saturated heterocycles. The highest BCUT2D eigenvalue weighted by Gasteiger charge is 2.57. The van der Waals surface area contributed by atoms with Crippen molar-refractivity contribution in [3.8, 4) is 0 Å². The van der Waals surface area contributed by atoms with Crippen molar-refractivity contribution in [2.24, 2.45) is 11.1 Å². The average molecular weight is 421 g/mol. The predicted octanol–water partition coefficient (Wildman–Crippen LogP) is -0.296. The Labute approximate surface area is 173 Å². The van der Waals surface area contributed by atoms with Crippen LogP contribution >= 0.6 is 0 Å². The second kappa shape index (κ2) is 9.02. The van der Waals surface area contributed by atoms with Gasteiger partial charge < -0.3 is 45.3 Å². The van der Waals surface area contributed by atoms with E-state index in [4.69, 9.17) is 24.7 Å². The third-order valence-corrected chi connectivity index (χ3v) is 6.03. The van der Waals surface area contributed by atoms with Crippen LogP contribution in [0.4, 0.5) is 0 Å². The zero-order valence-corrected chi connectivity index (χ0v) is 18.7. The number of nitrogens with one attached hydrogen (secondary N) is 1. The van der Waals surface area contributed by atoms with E-state index in [1.165, 1.54) is 0 Å². The van der Waals surface area contributed by atoms with E-state index in [0.29, 0.717) is 19.6 Å². The molecular formula is C20H40N2O7. The first-order valence-corrected chi connectivity index (χ1v) is 10.3. The molecule has 0 bridgehead atoms. The van der Waals surface area contributed by atoms with Crippen LogP contribution in [0.3, 0.4) is 0 Å². The first-order chi connectivity index (χ1) is 13.2. The summed E-state index contributed by atoms with van der Waals surface area (Å²) in [5, 5.41) is 35.3. The van der Waals surface area contributed by atoms with E-state index >= 15 is 0 Å². The van der Waals surface area contributed by atoms with Gasteiger partial charge in [-0.2, -0.15) is 0 Å². The lowest BCUT2D eigenvalue weighted by Crippen LogP contribution is -2.63. The highest BCUT2D eigenvalue weighted by molar-refractivity contribution is 5.02. The molecular weight excluding hydrogens is 380 g/mol. The number of rotatable bonds is 7. The van der Waals surface area contributed by atoms with Gasteiger partial charge in [-0.3, -0.25) is 0 Å². The van der Waals surface area contributed by atoms with Crippen LogP contribution in [0.25, 0.3) is 0 Å². The summed E-state index contributed by atoms with van der Waals surface area (Å²) in [5.41, 5.74) is 3.77. The molecule has 29 heavy (non-hydrogen) atoms. The molecule has 2 fully saturated rings. The molecule has 0 aliphatic carbocycles. The smallest absolute Gasteiger partial charge is 0.187 e. The highest BCUT2D eigenvalue weighted by atomic mass is 16.7. The molecule has 9 nitrogen and oxygen atoms in total. The number of hydrogen-bond donors (Lipinski definition) is 5. The van der Waals surface area contributed by atoms with E-state index in [-0.39, 0.29) is 0 Å². The Morgan fingerprint density at radius 1 is 1.03 bits per heavy atom. The summed E-state index contributed by atoms with van der Waals surface area (Å²) in [4.78, 5) is 0. The molecule has 9 heteroatoms. The SMILES string of the molecule is CC(C)(C)OC1OC(CNCCN)C(OC2OC(C)(C)C(C)(C)C2O)C(O)C1O. The van der Waals surface area contributed by atoms with Gasteiger partial charge in [0.2, 0.25) is 0 Å². The van der Waals surface area contributed by atoms with Crippen molar-refractivity contribution in [2.45, 2.75) is 103 Å². The Morgan fingerprint density at radius 3 is 2.14 bits per heavy atom. The number of ether oxygens (including phenoxy) is 4. The molecule has 0 amide bonds. The Hall–Kier alpha value is -0.360. The summed E-state index contributed by atoms with van der Waals surface area (Å²) in [6.45, 7) is 14.4. The zero-order chi connectivity index (χ0) is 22.2. The fourth-order valence-electron chi connectivity index (χ4n) is 3.49. The summed E-state index contributed by atoms with van der Waals surface area (Å²) in [7, 11) is 0. The third kappa shape index (κ3) is 5.47. The largest absolute Gasteiger partial charge is 0.387 e. The molecule has 2 heterocycles. The average Bonchev–Trinajstić information content (AvgIpc) is 2.74. The maximum atomic E-state index is 10.8. The Bertz CT molecular complexity index is 537. The number of hydrogen-bond acceptors (Lipinski definition) is 9. The van der Waals surface area contributed by atoms with Gasteiger partial charge >= 0.3 is 0 Å². The topological polar surface area (TPSA) is 136 Å². The van der Waals surface area contributed by atoms with E-state index in [2.05, 4.69) is 5.32 Å². The number of nitrogens with two attached hydrogens (primary N) is 1. The van der Waals surface area contributed by atoms with Crippen molar-refractivity contribution in [1.29, 1.82) is 0 Å². The molecule has 2 aliphatic heterocycles. The first-order valence-electron chi connectivity index (χ1n) is 10.3. The second-order valence-electron chi connectivity index (χ2n) is 10.0. The van der Waals surface area contributed by atoms with Crippen LogP contribution in [0.15, 0.2) is 0 Å². The van der Waals surface area contributed by atoms with Crippen LogP contribution < -0.4 is 11.1 Å². The molecule has 0 saturated carbocycles. The van der Waals surface area contributed by atoms with Crippen molar-refractivity contribution in [3.05, 3.63) is 0 Å². The molecule has 2 aliphatic rings. The van der Waals surface area contributed by atoms with Gasteiger partial charge in [-0.25, -0.2) is 0 Å². The normalized spacial score (nSPS) is 39.6. The van der Waals surface area contributed by atoms with Gasteiger partial charge in [-0.05, 0) is 34.6 Å². The fourth-order valence-corrected chi connectivity index (χ4v) is 3.49. The highest BCUT2D eigenvalue weighted by Crippen LogP contribution is 2.47. The molecule has 7 unspecified atom stereocenters. The maximum Gasteiger partial charge on any atom is 0.187 e. The molecule has 7 atom stereocenters. The van der Waals surface area contributed by atoms with Gasteiger partial charge in [0.25, 0.3) is 0 Å². The van der Waals surface area contributed by atoms with Gasteiger partial charge in [-0.15, -0.1) is 0 Å². The molecule has 6 N–H and O–H groups in total.